The van der Waals surface area contributed by atoms with E-state index < -0.39 is 0 Å². The van der Waals surface area contributed by atoms with Gasteiger partial charge in [-0.05, 0) is 47.0 Å². The second kappa shape index (κ2) is 8.30. The summed E-state index contributed by atoms with van der Waals surface area (Å²) < 4.78 is 13.4. The second-order valence-electron chi connectivity index (χ2n) is 10.8. The molecule has 9 aromatic rings. The summed E-state index contributed by atoms with van der Waals surface area (Å²) in [6.45, 7) is 2.14. The van der Waals surface area contributed by atoms with Crippen molar-refractivity contribution in [2.24, 2.45) is 0 Å². The van der Waals surface area contributed by atoms with Crippen LogP contribution in [0, 0.1) is 6.92 Å². The van der Waals surface area contributed by atoms with Crippen LogP contribution in [0.5, 0.6) is 0 Å². The van der Waals surface area contributed by atoms with E-state index in [4.69, 9.17) is 13.8 Å². The molecule has 0 fully saturated rings. The maximum Gasteiger partial charge on any atom is 0.143 e. The molecule has 0 radical (unpaired) electrons. The molecule has 0 saturated heterocycles. The molecule has 3 heteroatoms. The first-order valence-corrected chi connectivity index (χ1v) is 13.9. The maximum atomic E-state index is 6.70. The molecule has 41 heavy (non-hydrogen) atoms. The molecule has 6 aromatic carbocycles. The topological polar surface area (TPSA) is 39.2 Å². The van der Waals surface area contributed by atoms with Crippen molar-refractivity contribution in [2.75, 3.05) is 0 Å². The van der Waals surface area contributed by atoms with Gasteiger partial charge >= 0.3 is 0 Å². The number of furan rings is 2. The predicted octanol–water partition coefficient (Wildman–Crippen LogP) is 10.8. The Morgan fingerprint density at radius 3 is 1.71 bits per heavy atom. The monoisotopic (exact) mass is 525 g/mol. The lowest BCUT2D eigenvalue weighted by Crippen LogP contribution is -1.91. The summed E-state index contributed by atoms with van der Waals surface area (Å²) in [5.74, 6) is 0. The van der Waals surface area contributed by atoms with Gasteiger partial charge in [-0.3, -0.25) is 4.98 Å². The number of fused-ring (bicyclic) bond motifs is 10. The molecule has 0 amide bonds. The van der Waals surface area contributed by atoms with Crippen LogP contribution < -0.4 is 0 Å². The molecule has 0 aliphatic carbocycles. The Hall–Kier alpha value is -5.41. The van der Waals surface area contributed by atoms with Gasteiger partial charge in [-0.15, -0.1) is 0 Å². The van der Waals surface area contributed by atoms with E-state index in [1.807, 2.05) is 12.3 Å². The van der Waals surface area contributed by atoms with Crippen LogP contribution in [0.4, 0.5) is 0 Å². The van der Waals surface area contributed by atoms with E-state index >= 15 is 0 Å². The summed E-state index contributed by atoms with van der Waals surface area (Å²) in [4.78, 5) is 4.83. The van der Waals surface area contributed by atoms with Crippen molar-refractivity contribution in [3.63, 3.8) is 0 Å². The van der Waals surface area contributed by atoms with Gasteiger partial charge in [-0.1, -0.05) is 91.0 Å². The molecule has 3 heterocycles. The number of pyridine rings is 1. The van der Waals surface area contributed by atoms with E-state index in [9.17, 15) is 0 Å². The highest BCUT2D eigenvalue weighted by atomic mass is 16.3. The Morgan fingerprint density at radius 1 is 0.537 bits per heavy atom. The van der Waals surface area contributed by atoms with Gasteiger partial charge in [0.15, 0.2) is 0 Å². The normalized spacial score (nSPS) is 12.0. The third-order valence-corrected chi connectivity index (χ3v) is 8.42. The van der Waals surface area contributed by atoms with E-state index in [1.165, 1.54) is 0 Å². The van der Waals surface area contributed by atoms with Crippen molar-refractivity contribution in [3.8, 4) is 22.4 Å². The number of nitrogens with zero attached hydrogens (tertiary/aromatic N) is 1. The lowest BCUT2D eigenvalue weighted by atomic mass is 9.91. The van der Waals surface area contributed by atoms with Crippen LogP contribution in [0.2, 0.25) is 0 Å². The van der Waals surface area contributed by atoms with Crippen LogP contribution >= 0.6 is 0 Å². The highest BCUT2D eigenvalue weighted by Gasteiger charge is 2.24. The van der Waals surface area contributed by atoms with Gasteiger partial charge in [0.25, 0.3) is 0 Å². The Kier molecular flexibility index (Phi) is 4.53. The Balaban J connectivity index is 1.50. The fourth-order valence-corrected chi connectivity index (χ4v) is 6.48. The lowest BCUT2D eigenvalue weighted by molar-refractivity contribution is 0.660. The van der Waals surface area contributed by atoms with Crippen molar-refractivity contribution in [1.29, 1.82) is 0 Å². The van der Waals surface area contributed by atoms with Gasteiger partial charge in [-0.2, -0.15) is 0 Å². The van der Waals surface area contributed by atoms with Crippen LogP contribution in [0.3, 0.4) is 0 Å². The molecule has 3 nitrogen and oxygen atoms in total. The van der Waals surface area contributed by atoms with Crippen LogP contribution in [0.15, 0.2) is 130 Å². The summed E-state index contributed by atoms with van der Waals surface area (Å²) in [5.41, 5.74) is 8.81. The van der Waals surface area contributed by atoms with E-state index in [-0.39, 0.29) is 0 Å². The summed E-state index contributed by atoms with van der Waals surface area (Å²) in [5, 5.41) is 8.93. The summed E-state index contributed by atoms with van der Waals surface area (Å²) >= 11 is 0. The minimum absolute atomic E-state index is 0.819. The van der Waals surface area contributed by atoms with Crippen LogP contribution in [-0.4, -0.2) is 4.98 Å². The average Bonchev–Trinajstić information content (AvgIpc) is 3.59. The van der Waals surface area contributed by atoms with Gasteiger partial charge in [0.1, 0.15) is 22.3 Å². The standard InChI is InChI=1S/C38H23NO2/c1-22-21-39-31(25-11-3-2-4-12-25)19-30(22)36-34-28-17-15-23-9-5-7-13-26(23)37(28)40-32(34)20-33-35(36)29-18-16-24-10-6-8-14-27(24)38(29)41-33/h2-21H,1H3. The van der Waals surface area contributed by atoms with E-state index in [1.54, 1.807) is 0 Å². The number of hydrogen-bond acceptors (Lipinski definition) is 3. The van der Waals surface area contributed by atoms with E-state index in [2.05, 4.69) is 116 Å². The molecule has 0 bridgehead atoms. The minimum atomic E-state index is 0.819. The van der Waals surface area contributed by atoms with E-state index in [0.717, 1.165) is 93.4 Å². The van der Waals surface area contributed by atoms with Gasteiger partial charge in [0.2, 0.25) is 0 Å². The molecule has 0 atom stereocenters. The fraction of sp³-hybridized carbons (Fsp3) is 0.0263. The third-order valence-electron chi connectivity index (χ3n) is 8.42. The molecular weight excluding hydrogens is 502 g/mol. The highest BCUT2D eigenvalue weighted by molar-refractivity contribution is 6.29. The number of benzene rings is 6. The third kappa shape index (κ3) is 3.17. The van der Waals surface area contributed by atoms with Crippen LogP contribution in [0.1, 0.15) is 5.56 Å². The van der Waals surface area contributed by atoms with Gasteiger partial charge < -0.3 is 8.83 Å². The number of rotatable bonds is 2. The molecule has 0 aliphatic rings. The molecule has 9 rings (SSSR count). The van der Waals surface area contributed by atoms with Gasteiger partial charge in [0, 0.05) is 55.7 Å². The first-order chi connectivity index (χ1) is 20.2. The van der Waals surface area contributed by atoms with Crippen molar-refractivity contribution in [1.82, 2.24) is 4.98 Å². The van der Waals surface area contributed by atoms with Crippen molar-refractivity contribution < 1.29 is 8.83 Å². The largest absolute Gasteiger partial charge is 0.455 e. The molecule has 3 aromatic heterocycles. The molecule has 192 valence electrons. The smallest absolute Gasteiger partial charge is 0.143 e. The summed E-state index contributed by atoms with van der Waals surface area (Å²) in [6, 6.07) is 40.2. The maximum absolute atomic E-state index is 6.70. The number of aromatic nitrogens is 1. The van der Waals surface area contributed by atoms with Crippen molar-refractivity contribution >= 4 is 65.4 Å². The van der Waals surface area contributed by atoms with Crippen LogP contribution in [0.25, 0.3) is 87.8 Å². The first kappa shape index (κ1) is 22.4. The van der Waals surface area contributed by atoms with Gasteiger partial charge in [-0.25, -0.2) is 0 Å². The second-order valence-corrected chi connectivity index (χ2v) is 10.8. The Morgan fingerprint density at radius 2 is 1.10 bits per heavy atom. The number of aryl methyl sites for hydroxylation is 1. The summed E-state index contributed by atoms with van der Waals surface area (Å²) in [7, 11) is 0. The summed E-state index contributed by atoms with van der Waals surface area (Å²) in [6.07, 6.45) is 1.98. The van der Waals surface area contributed by atoms with Gasteiger partial charge in [0.05, 0.1) is 5.69 Å². The molecule has 0 N–H and O–H groups in total. The minimum Gasteiger partial charge on any atom is -0.455 e. The SMILES string of the molecule is Cc1cnc(-c2ccccc2)cc1-c1c2c(cc3oc4c5ccccc5ccc4c13)oc1c3ccccc3ccc12. The highest BCUT2D eigenvalue weighted by Crippen LogP contribution is 2.48. The molecule has 0 spiro atoms. The zero-order chi connectivity index (χ0) is 27.1. The zero-order valence-corrected chi connectivity index (χ0v) is 22.3. The average molecular weight is 526 g/mol. The van der Waals surface area contributed by atoms with Crippen molar-refractivity contribution in [3.05, 3.63) is 127 Å². The molecular formula is C38H23NO2. The fourth-order valence-electron chi connectivity index (χ4n) is 6.48. The zero-order valence-electron chi connectivity index (χ0n) is 22.3. The van der Waals surface area contributed by atoms with Crippen LogP contribution in [-0.2, 0) is 0 Å². The quantitative estimate of drug-likeness (QED) is 0.225. The molecule has 0 aliphatic heterocycles. The first-order valence-electron chi connectivity index (χ1n) is 13.9. The molecule has 0 unspecified atom stereocenters. The Bertz CT molecular complexity index is 2350. The predicted molar refractivity (Wildman–Crippen MR) is 169 cm³/mol. The Labute approximate surface area is 235 Å². The van der Waals surface area contributed by atoms with Crippen molar-refractivity contribution in [2.45, 2.75) is 6.92 Å². The number of hydrogen-bond donors (Lipinski definition) is 0. The molecule has 0 saturated carbocycles. The van der Waals surface area contributed by atoms with E-state index in [0.29, 0.717) is 0 Å². The lowest BCUT2D eigenvalue weighted by Gasteiger charge is -2.12.